The van der Waals surface area contributed by atoms with E-state index in [-0.39, 0.29) is 10.8 Å². The molecule has 0 bridgehead atoms. The minimum absolute atomic E-state index is 0.132. The van der Waals surface area contributed by atoms with Gasteiger partial charge in [0.2, 0.25) is 10.0 Å². The third kappa shape index (κ3) is 4.37. The van der Waals surface area contributed by atoms with Crippen LogP contribution in [0.5, 0.6) is 5.75 Å². The van der Waals surface area contributed by atoms with Crippen molar-refractivity contribution >= 4 is 33.3 Å². The second kappa shape index (κ2) is 9.81. The molecule has 0 N–H and O–H groups in total. The van der Waals surface area contributed by atoms with Crippen molar-refractivity contribution in [1.82, 2.24) is 8.87 Å². The highest BCUT2D eigenvalue weighted by Crippen LogP contribution is 2.40. The second-order valence-electron chi connectivity index (χ2n) is 9.16. The minimum Gasteiger partial charge on any atom is -0.497 e. The Balaban J connectivity index is 1.58. The molecule has 0 atom stereocenters. The zero-order valence-corrected chi connectivity index (χ0v) is 22.3. The highest BCUT2D eigenvalue weighted by atomic mass is 32.2. The van der Waals surface area contributed by atoms with Crippen molar-refractivity contribution < 1.29 is 22.7 Å². The van der Waals surface area contributed by atoms with Crippen molar-refractivity contribution in [2.24, 2.45) is 0 Å². The summed E-state index contributed by atoms with van der Waals surface area (Å²) < 4.78 is 40.8. The van der Waals surface area contributed by atoms with Gasteiger partial charge < -0.3 is 18.9 Å². The lowest BCUT2D eigenvalue weighted by atomic mass is 10.0. The van der Waals surface area contributed by atoms with Crippen LogP contribution in [-0.4, -0.2) is 63.2 Å². The molecule has 37 heavy (non-hydrogen) atoms. The molecule has 0 aliphatic carbocycles. The van der Waals surface area contributed by atoms with E-state index in [1.165, 1.54) is 4.31 Å². The highest BCUT2D eigenvalue weighted by molar-refractivity contribution is 7.89. The number of aromatic nitrogens is 1. The molecule has 5 rings (SSSR count). The third-order valence-corrected chi connectivity index (χ3v) is 8.94. The van der Waals surface area contributed by atoms with Crippen molar-refractivity contribution in [3.8, 4) is 11.4 Å². The Labute approximate surface area is 217 Å². The second-order valence-corrected chi connectivity index (χ2v) is 11.1. The fourth-order valence-corrected chi connectivity index (χ4v) is 6.54. The molecule has 3 heterocycles. The van der Waals surface area contributed by atoms with Crippen LogP contribution in [-0.2, 0) is 19.6 Å². The number of hydrogen-bond donors (Lipinski definition) is 0. The Bertz CT molecular complexity index is 1480. The lowest BCUT2D eigenvalue weighted by Crippen LogP contribution is -2.40. The number of methoxy groups -OCH3 is 1. The summed E-state index contributed by atoms with van der Waals surface area (Å²) in [6, 6.07) is 14.8. The third-order valence-electron chi connectivity index (χ3n) is 7.05. The molecule has 3 aromatic rings. The summed E-state index contributed by atoms with van der Waals surface area (Å²) in [7, 11) is -2.05. The van der Waals surface area contributed by atoms with E-state index >= 15 is 0 Å². The van der Waals surface area contributed by atoms with Gasteiger partial charge in [-0.3, -0.25) is 4.79 Å². The number of likely N-dealkylation sites (N-methyl/N-ethyl adjacent to an activating group) is 1. The fraction of sp³-hybridized carbons (Fsp3) is 0.321. The Hall–Kier alpha value is -3.40. The van der Waals surface area contributed by atoms with Crippen LogP contribution in [0.3, 0.4) is 0 Å². The zero-order valence-electron chi connectivity index (χ0n) is 21.5. The fourth-order valence-electron chi connectivity index (χ4n) is 5.10. The Morgan fingerprint density at radius 1 is 1.03 bits per heavy atom. The number of carbonyl (C=O) groups excluding carboxylic acids is 1. The van der Waals surface area contributed by atoms with Crippen LogP contribution in [0.4, 0.5) is 5.69 Å². The number of ether oxygens (including phenoxy) is 2. The van der Waals surface area contributed by atoms with E-state index in [1.807, 2.05) is 57.2 Å². The van der Waals surface area contributed by atoms with E-state index in [0.717, 1.165) is 34.1 Å². The SMILES string of the molecule is CCN1C(=O)/C(=C/c2cc(C)n(-c3ccc(OC)cc3)c2C)c2cc(S(=O)(=O)N3CCOCC3)ccc21. The Kier molecular flexibility index (Phi) is 6.70. The van der Waals surface area contributed by atoms with E-state index in [2.05, 4.69) is 4.57 Å². The van der Waals surface area contributed by atoms with E-state index in [9.17, 15) is 13.2 Å². The van der Waals surface area contributed by atoms with Crippen molar-refractivity contribution in [3.63, 3.8) is 0 Å². The molecule has 0 unspecified atom stereocenters. The van der Waals surface area contributed by atoms with Gasteiger partial charge in [0.25, 0.3) is 5.91 Å². The van der Waals surface area contributed by atoms with Crippen LogP contribution >= 0.6 is 0 Å². The van der Waals surface area contributed by atoms with Gasteiger partial charge in [-0.05, 0) is 80.9 Å². The maximum Gasteiger partial charge on any atom is 0.258 e. The standard InChI is InChI=1S/C28H31N3O5S/c1-5-30-27-11-10-24(37(33,34)29-12-14-36-15-13-29)18-25(27)26(28(30)32)17-21-16-19(2)31(20(21)3)22-6-8-23(35-4)9-7-22/h6-11,16-18H,5,12-15H2,1-4H3/b26-17+. The lowest BCUT2D eigenvalue weighted by Gasteiger charge is -2.26. The molecular weight excluding hydrogens is 490 g/mol. The van der Waals surface area contributed by atoms with Crippen molar-refractivity contribution in [3.05, 3.63) is 71.0 Å². The molecule has 8 nitrogen and oxygen atoms in total. The number of sulfonamides is 1. The van der Waals surface area contributed by atoms with Crippen LogP contribution in [0.1, 0.15) is 29.4 Å². The van der Waals surface area contributed by atoms with E-state index in [0.29, 0.717) is 44.0 Å². The van der Waals surface area contributed by atoms with Gasteiger partial charge in [0, 0.05) is 47.8 Å². The van der Waals surface area contributed by atoms with Crippen LogP contribution < -0.4 is 9.64 Å². The molecule has 2 aliphatic rings. The summed E-state index contributed by atoms with van der Waals surface area (Å²) >= 11 is 0. The number of benzene rings is 2. The van der Waals surface area contributed by atoms with Crippen molar-refractivity contribution in [2.45, 2.75) is 25.7 Å². The van der Waals surface area contributed by atoms with Crippen molar-refractivity contribution in [1.29, 1.82) is 0 Å². The van der Waals surface area contributed by atoms with Gasteiger partial charge in [0.15, 0.2) is 0 Å². The van der Waals surface area contributed by atoms with Crippen LogP contribution in [0.25, 0.3) is 17.3 Å². The minimum atomic E-state index is -3.69. The summed E-state index contributed by atoms with van der Waals surface area (Å²) in [6.07, 6.45) is 1.88. The number of fused-ring (bicyclic) bond motifs is 1. The van der Waals surface area contributed by atoms with Gasteiger partial charge in [0.05, 0.1) is 30.9 Å². The predicted octanol–water partition coefficient (Wildman–Crippen LogP) is 4.03. The molecular formula is C28H31N3O5S. The van der Waals surface area contributed by atoms with Gasteiger partial charge >= 0.3 is 0 Å². The normalized spacial score (nSPS) is 17.5. The summed E-state index contributed by atoms with van der Waals surface area (Å²) in [4.78, 5) is 15.3. The Morgan fingerprint density at radius 2 is 1.73 bits per heavy atom. The summed E-state index contributed by atoms with van der Waals surface area (Å²) in [5.41, 5.74) is 5.76. The molecule has 0 spiro atoms. The maximum absolute atomic E-state index is 13.5. The first kappa shape index (κ1) is 25.3. The van der Waals surface area contributed by atoms with Gasteiger partial charge in [-0.15, -0.1) is 0 Å². The maximum atomic E-state index is 13.5. The molecule has 0 radical (unpaired) electrons. The van der Waals surface area contributed by atoms with Crippen LogP contribution in [0.15, 0.2) is 53.4 Å². The smallest absolute Gasteiger partial charge is 0.258 e. The average molecular weight is 522 g/mol. The number of morpholine rings is 1. The number of anilines is 1. The van der Waals surface area contributed by atoms with Gasteiger partial charge in [-0.1, -0.05) is 0 Å². The largest absolute Gasteiger partial charge is 0.497 e. The molecule has 1 amide bonds. The molecule has 1 saturated heterocycles. The molecule has 2 aromatic carbocycles. The molecule has 194 valence electrons. The van der Waals surface area contributed by atoms with E-state index < -0.39 is 10.0 Å². The van der Waals surface area contributed by atoms with Gasteiger partial charge in [0.1, 0.15) is 5.75 Å². The topological polar surface area (TPSA) is 81.1 Å². The first-order chi connectivity index (χ1) is 17.8. The number of amides is 1. The average Bonchev–Trinajstić information content (AvgIpc) is 3.35. The number of aryl methyl sites for hydroxylation is 1. The molecule has 1 fully saturated rings. The number of carbonyl (C=O) groups is 1. The van der Waals surface area contributed by atoms with E-state index in [1.54, 1.807) is 30.2 Å². The number of rotatable bonds is 6. The van der Waals surface area contributed by atoms with Crippen LogP contribution in [0, 0.1) is 13.8 Å². The molecule has 0 saturated carbocycles. The summed E-state index contributed by atoms with van der Waals surface area (Å²) in [6.45, 7) is 7.83. The lowest BCUT2D eigenvalue weighted by molar-refractivity contribution is -0.112. The van der Waals surface area contributed by atoms with Gasteiger partial charge in [-0.2, -0.15) is 4.31 Å². The molecule has 9 heteroatoms. The first-order valence-electron chi connectivity index (χ1n) is 12.4. The highest BCUT2D eigenvalue weighted by Gasteiger charge is 2.34. The van der Waals surface area contributed by atoms with Gasteiger partial charge in [-0.25, -0.2) is 8.42 Å². The monoisotopic (exact) mass is 521 g/mol. The quantitative estimate of drug-likeness (QED) is 0.458. The van der Waals surface area contributed by atoms with E-state index in [4.69, 9.17) is 9.47 Å². The molecule has 1 aromatic heterocycles. The van der Waals surface area contributed by atoms with Crippen molar-refractivity contribution in [2.75, 3.05) is 44.9 Å². The summed E-state index contributed by atoms with van der Waals surface area (Å²) in [5.74, 6) is 0.650. The number of nitrogens with zero attached hydrogens (tertiary/aromatic N) is 3. The first-order valence-corrected chi connectivity index (χ1v) is 13.8. The zero-order chi connectivity index (χ0) is 26.3. The van der Waals surface area contributed by atoms with Crippen LogP contribution in [0.2, 0.25) is 0 Å². The summed E-state index contributed by atoms with van der Waals surface area (Å²) in [5, 5.41) is 0. The number of hydrogen-bond acceptors (Lipinski definition) is 5. The predicted molar refractivity (Wildman–Crippen MR) is 144 cm³/mol. The molecule has 2 aliphatic heterocycles. The Morgan fingerprint density at radius 3 is 2.38 bits per heavy atom.